The highest BCUT2D eigenvalue weighted by Crippen LogP contribution is 2.60. The minimum Gasteiger partial charge on any atom is -0.393 e. The van der Waals surface area contributed by atoms with Crippen molar-refractivity contribution in [2.75, 3.05) is 46.2 Å². The summed E-state index contributed by atoms with van der Waals surface area (Å²) in [5.74, 6) is 15.7. The van der Waals surface area contributed by atoms with Gasteiger partial charge in [-0.05, 0) is 276 Å². The second-order valence-corrected chi connectivity index (χ2v) is 24.6. The van der Waals surface area contributed by atoms with E-state index in [1.54, 1.807) is 32.1 Å². The van der Waals surface area contributed by atoms with Crippen LogP contribution in [-0.4, -0.2) is 75.8 Å². The van der Waals surface area contributed by atoms with Crippen LogP contribution in [-0.2, 0) is 23.7 Å². The summed E-state index contributed by atoms with van der Waals surface area (Å²) >= 11 is 0. The van der Waals surface area contributed by atoms with Crippen LogP contribution in [0.3, 0.4) is 0 Å². The first-order valence-electron chi connectivity index (χ1n) is 27.9. The Balaban J connectivity index is 0.0000000994. The van der Waals surface area contributed by atoms with Gasteiger partial charge in [-0.25, -0.2) is 0 Å². The zero-order valence-electron chi connectivity index (χ0n) is 40.7. The predicted octanol–water partition coefficient (Wildman–Crippen LogP) is 12.6. The lowest BCUT2D eigenvalue weighted by molar-refractivity contribution is -0.123. The van der Waals surface area contributed by atoms with Gasteiger partial charge in [-0.2, -0.15) is 0 Å². The molecule has 0 amide bonds. The van der Waals surface area contributed by atoms with Crippen molar-refractivity contribution < 1.29 is 28.8 Å². The fourth-order valence-electron chi connectivity index (χ4n) is 18.9. The van der Waals surface area contributed by atoms with Crippen molar-refractivity contribution in [3.63, 3.8) is 0 Å². The molecule has 356 valence electrons. The summed E-state index contributed by atoms with van der Waals surface area (Å²) in [7, 11) is 0. The summed E-state index contributed by atoms with van der Waals surface area (Å²) in [6.45, 7) is 17.1. The fourth-order valence-corrected chi connectivity index (χ4v) is 18.9. The third kappa shape index (κ3) is 10.9. The summed E-state index contributed by atoms with van der Waals surface area (Å²) in [4.78, 5) is 0. The molecule has 1 N–H and O–H groups in total. The van der Waals surface area contributed by atoms with Crippen LogP contribution < -0.4 is 0 Å². The van der Waals surface area contributed by atoms with Crippen molar-refractivity contribution in [3.8, 4) is 0 Å². The fraction of sp³-hybridized carbons (Fsp3) is 1.00. The number of aliphatic hydroxyl groups is 1. The Morgan fingerprint density at radius 3 is 1.32 bits per heavy atom. The van der Waals surface area contributed by atoms with Gasteiger partial charge in [0, 0.05) is 45.6 Å². The van der Waals surface area contributed by atoms with Gasteiger partial charge in [0.2, 0.25) is 0 Å². The van der Waals surface area contributed by atoms with E-state index in [9.17, 15) is 5.11 Å². The Hall–Kier alpha value is -0.240. The van der Waals surface area contributed by atoms with E-state index in [1.165, 1.54) is 109 Å². The van der Waals surface area contributed by atoms with Gasteiger partial charge in [-0.1, -0.05) is 0 Å². The molecular weight excluding hydrogens is 769 g/mol. The Morgan fingerprint density at radius 2 is 0.871 bits per heavy atom. The topological polar surface area (TPSA) is 66.4 Å². The van der Waals surface area contributed by atoms with Crippen molar-refractivity contribution in [2.24, 2.45) is 100 Å². The van der Waals surface area contributed by atoms with Crippen molar-refractivity contribution >= 4 is 0 Å². The number of aliphatic hydroxyl groups excluding tert-OH is 1. The number of hydrogen-bond acceptors (Lipinski definition) is 6. The average Bonchev–Trinajstić information content (AvgIpc) is 4.05. The molecule has 16 fully saturated rings. The van der Waals surface area contributed by atoms with Crippen LogP contribution in [0.2, 0.25) is 0 Å². The molecule has 7 unspecified atom stereocenters. The van der Waals surface area contributed by atoms with Gasteiger partial charge in [-0.15, -0.1) is 0 Å². The lowest BCUT2D eigenvalue weighted by atomic mass is 9.50. The quantitative estimate of drug-likeness (QED) is 0.211. The van der Waals surface area contributed by atoms with Crippen molar-refractivity contribution in [3.05, 3.63) is 0 Å². The van der Waals surface area contributed by atoms with E-state index in [4.69, 9.17) is 23.7 Å². The third-order valence-corrected chi connectivity index (χ3v) is 20.4. The molecule has 16 bridgehead atoms. The zero-order valence-corrected chi connectivity index (χ0v) is 40.7. The molecule has 16 aliphatic carbocycles. The lowest BCUT2D eigenvalue weighted by Crippen LogP contribution is -2.49. The van der Waals surface area contributed by atoms with Crippen LogP contribution in [0.15, 0.2) is 0 Å². The first-order chi connectivity index (χ1) is 30.2. The first-order valence-corrected chi connectivity index (χ1v) is 27.9. The van der Waals surface area contributed by atoms with E-state index in [1.807, 2.05) is 6.92 Å². The maximum atomic E-state index is 9.54. The van der Waals surface area contributed by atoms with Gasteiger partial charge in [0.15, 0.2) is 0 Å². The zero-order chi connectivity index (χ0) is 42.8. The minimum absolute atomic E-state index is 0.0645. The molecule has 16 aliphatic rings. The van der Waals surface area contributed by atoms with Crippen molar-refractivity contribution in [1.82, 2.24) is 0 Å². The Labute approximate surface area is 380 Å². The van der Waals surface area contributed by atoms with Crippen molar-refractivity contribution in [1.29, 1.82) is 0 Å². The Morgan fingerprint density at radius 1 is 0.403 bits per heavy atom. The third-order valence-electron chi connectivity index (χ3n) is 20.4. The number of fused-ring (bicyclic) bond motifs is 4. The Bertz CT molecular complexity index is 1270. The van der Waals surface area contributed by atoms with Crippen LogP contribution in [0.1, 0.15) is 182 Å². The molecule has 6 heteroatoms. The van der Waals surface area contributed by atoms with Gasteiger partial charge in [-0.3, -0.25) is 0 Å². The smallest absolute Gasteiger partial charge is 0.0631 e. The van der Waals surface area contributed by atoms with E-state index in [0.717, 1.165) is 141 Å². The number of hydrogen-bond donors (Lipinski definition) is 1. The predicted molar refractivity (Wildman–Crippen MR) is 250 cm³/mol. The standard InChI is InChI=1S/2C13H22O.C12H20O.C9H16O2.C9H16O/c1-2-14-9-13-6-10-3-11(7-13)5-12(4-10)8-13;1-2-14-8-13-11-4-9-3-10(6-11)7-12(13)5-9;1-2-13-12-10-4-8-3-9(6-10)7-11(12)5-8;1-2-11-9-5-6-3-7(9)8(10)4-6;1-2-10-9-6-7-3-4-8(9)5-7/h10-12H,2-9H2,1H3;9-13H,2-8H2,1H3;8-12H,2-7H2,1H3;6-10H,2-5H2,1H3;7-9H,2-6H2,1H3. The van der Waals surface area contributed by atoms with E-state index in [2.05, 4.69) is 27.7 Å². The maximum Gasteiger partial charge on any atom is 0.0631 e. The molecule has 7 atom stereocenters. The lowest BCUT2D eigenvalue weighted by Gasteiger charge is -2.56. The maximum absolute atomic E-state index is 9.54. The molecule has 16 rings (SSSR count). The molecular formula is C56H96O6. The average molecular weight is 865 g/mol. The van der Waals surface area contributed by atoms with Gasteiger partial charge in [0.05, 0.1) is 31.0 Å². The highest BCUT2D eigenvalue weighted by Gasteiger charge is 2.52. The largest absolute Gasteiger partial charge is 0.393 e. The molecule has 0 aromatic carbocycles. The van der Waals surface area contributed by atoms with E-state index in [-0.39, 0.29) is 6.10 Å². The first kappa shape index (κ1) is 46.9. The molecule has 0 aromatic rings. The SMILES string of the molecule is CCOC1C2CC3CC(C2)CC1C3.CCOC1CC2CC(O)C1C2.CCOC1CC2CCC1C2.CCOCC12CC3CC(CC(C3)C1)C2.CCOCC1C2CC3CC(C2)CC1C3. The normalized spacial score (nSPS) is 49.5. The van der Waals surface area contributed by atoms with Gasteiger partial charge in [0.25, 0.3) is 0 Å². The summed E-state index contributed by atoms with van der Waals surface area (Å²) in [6, 6.07) is 0. The van der Waals surface area contributed by atoms with Crippen LogP contribution in [0.5, 0.6) is 0 Å². The summed E-state index contributed by atoms with van der Waals surface area (Å²) in [6.07, 6.45) is 35.0. The van der Waals surface area contributed by atoms with E-state index >= 15 is 0 Å². The molecule has 6 nitrogen and oxygen atoms in total. The molecule has 0 aliphatic heterocycles. The molecule has 0 saturated heterocycles. The van der Waals surface area contributed by atoms with Crippen LogP contribution in [0.4, 0.5) is 0 Å². The van der Waals surface area contributed by atoms with Gasteiger partial charge < -0.3 is 28.8 Å². The molecule has 16 saturated carbocycles. The molecule has 0 aromatic heterocycles. The van der Waals surface area contributed by atoms with Crippen LogP contribution in [0, 0.1) is 100 Å². The molecule has 0 radical (unpaired) electrons. The molecule has 0 spiro atoms. The Kier molecular flexibility index (Phi) is 16.2. The second-order valence-electron chi connectivity index (χ2n) is 24.6. The summed E-state index contributed by atoms with van der Waals surface area (Å²) in [5.41, 5.74) is 0.630. The molecule has 0 heterocycles. The van der Waals surface area contributed by atoms with Crippen molar-refractivity contribution in [2.45, 2.75) is 207 Å². The van der Waals surface area contributed by atoms with Crippen LogP contribution in [0.25, 0.3) is 0 Å². The van der Waals surface area contributed by atoms with Gasteiger partial charge >= 0.3 is 0 Å². The summed E-state index contributed by atoms with van der Waals surface area (Å²) in [5, 5.41) is 9.54. The van der Waals surface area contributed by atoms with Crippen LogP contribution >= 0.6 is 0 Å². The van der Waals surface area contributed by atoms with Gasteiger partial charge in [0.1, 0.15) is 0 Å². The minimum atomic E-state index is -0.0645. The second kappa shape index (κ2) is 21.4. The highest BCUT2D eigenvalue weighted by atomic mass is 16.5. The monoisotopic (exact) mass is 865 g/mol. The molecule has 62 heavy (non-hydrogen) atoms. The number of rotatable bonds is 12. The highest BCUT2D eigenvalue weighted by molar-refractivity contribution is 5.02. The van der Waals surface area contributed by atoms with E-state index in [0.29, 0.717) is 29.6 Å². The summed E-state index contributed by atoms with van der Waals surface area (Å²) < 4.78 is 28.5. The van der Waals surface area contributed by atoms with E-state index < -0.39 is 0 Å². The number of ether oxygens (including phenoxy) is 5.